The first kappa shape index (κ1) is 69.0. The number of halogens is 2. The monoisotopic (exact) mass is 1350 g/mol. The molecule has 0 spiro atoms. The van der Waals surface area contributed by atoms with Gasteiger partial charge < -0.3 is 38.3 Å². The summed E-state index contributed by atoms with van der Waals surface area (Å²) in [5.41, 5.74) is 8.61. The second-order valence-corrected chi connectivity index (χ2v) is 27.7. The van der Waals surface area contributed by atoms with Gasteiger partial charge in [0.2, 0.25) is 24.9 Å². The number of aryl methyl sites for hydroxylation is 2. The molecule has 20 nitrogen and oxygen atoms in total. The van der Waals surface area contributed by atoms with Gasteiger partial charge in [0.1, 0.15) is 29.0 Å². The first-order valence-corrected chi connectivity index (χ1v) is 34.0. The highest BCUT2D eigenvalue weighted by Crippen LogP contribution is 2.37. The minimum absolute atomic E-state index is 0.00129. The summed E-state index contributed by atoms with van der Waals surface area (Å²) in [6.45, 7) is 17.1. The molecule has 2 aliphatic carbocycles. The molecule has 4 aromatic rings. The van der Waals surface area contributed by atoms with Crippen LogP contribution in [0.2, 0.25) is 10.0 Å². The van der Waals surface area contributed by atoms with Crippen LogP contribution in [0, 0.1) is 96.2 Å². The van der Waals surface area contributed by atoms with Gasteiger partial charge in [-0.15, -0.1) is 0 Å². The summed E-state index contributed by atoms with van der Waals surface area (Å²) < 4.78 is 21.6. The molecule has 8 aliphatic heterocycles. The van der Waals surface area contributed by atoms with Gasteiger partial charge in [-0.05, 0) is 199 Å². The standard InChI is InChI=1S/C20H22N2O3.C20H24N2O3.C18H17ClN2O3.C17H17ClN2O3/c1-14-5-4-6-15(13-14)9-10-18-17-11-12-22(19(17)25-21-18)20(23)24-16-7-2-3-8-16;1-14-6-5-7-15(12-14)8-9-17-16-10-11-22(18(16)25-21-17)19(23)24-13-20(2,3)4;19-14-3-1-2-12(10-14)6-7-16-15-8-9-21(17(15)24-20-16)18(22)23-11-13-4-5-13;1-11(2)22-17(21)20-9-8-14-15(19-23-16(14)20)7-6-12-4-3-5-13(18)10-12/h4-6,13,16-17,19H,2-3,7-8,11-12H2,1H3;5-7,12,16,18H,10-11,13H2,1-4H3;1-3,10,13,15,17H,4-5,8-9,11H2;3-5,10-11,14,16H,8-9H2,1-2H3. The number of carbonyl (C=O) groups excluding carboxylic acids is 4. The average Bonchev–Trinajstić information content (AvgIpc) is 1.71. The Hall–Kier alpha value is -9.34. The maximum atomic E-state index is 12.4. The van der Waals surface area contributed by atoms with Crippen molar-refractivity contribution in [3.8, 4) is 47.4 Å². The van der Waals surface area contributed by atoms with E-state index < -0.39 is 12.5 Å². The zero-order valence-electron chi connectivity index (χ0n) is 55.6. The van der Waals surface area contributed by atoms with Gasteiger partial charge in [-0.25, -0.2) is 19.2 Å². The van der Waals surface area contributed by atoms with E-state index in [1.165, 1.54) is 11.1 Å². The van der Waals surface area contributed by atoms with Gasteiger partial charge in [0.15, 0.2) is 0 Å². The van der Waals surface area contributed by atoms with Crippen LogP contribution in [0.4, 0.5) is 19.2 Å². The number of likely N-dealkylation sites (tertiary alicyclic amines) is 4. The largest absolute Gasteiger partial charge is 0.449 e. The van der Waals surface area contributed by atoms with Crippen molar-refractivity contribution in [3.63, 3.8) is 0 Å². The number of oxime groups is 4. The van der Waals surface area contributed by atoms with E-state index in [0.29, 0.717) is 72.5 Å². The van der Waals surface area contributed by atoms with Crippen LogP contribution in [-0.4, -0.2) is 143 Å². The first-order chi connectivity index (χ1) is 46.8. The highest BCUT2D eigenvalue weighted by atomic mass is 35.5. The number of ether oxygens (including phenoxy) is 4. The van der Waals surface area contributed by atoms with Crippen molar-refractivity contribution in [1.29, 1.82) is 0 Å². The zero-order chi connectivity index (χ0) is 68.2. The molecular weight excluding hydrogens is 1280 g/mol. The second-order valence-electron chi connectivity index (χ2n) is 26.9. The number of rotatable bonds is 5. The van der Waals surface area contributed by atoms with E-state index in [1.807, 2.05) is 121 Å². The Labute approximate surface area is 577 Å². The van der Waals surface area contributed by atoms with Crippen LogP contribution in [-0.2, 0) is 38.3 Å². The van der Waals surface area contributed by atoms with E-state index in [2.05, 4.69) is 68.0 Å². The molecule has 22 heteroatoms. The maximum Gasteiger partial charge on any atom is 0.413 e. The number of nitrogens with zero attached hydrogens (tertiary/aromatic N) is 8. The van der Waals surface area contributed by atoms with E-state index in [9.17, 15) is 19.2 Å². The van der Waals surface area contributed by atoms with E-state index in [-0.39, 0.29) is 78.1 Å². The molecule has 8 heterocycles. The number of benzene rings is 4. The lowest BCUT2D eigenvalue weighted by atomic mass is 9.99. The maximum absolute atomic E-state index is 12.4. The van der Waals surface area contributed by atoms with Crippen LogP contribution >= 0.6 is 23.2 Å². The summed E-state index contributed by atoms with van der Waals surface area (Å²) in [6, 6.07) is 30.8. The van der Waals surface area contributed by atoms with Gasteiger partial charge in [-0.3, -0.25) is 19.6 Å². The molecule has 506 valence electrons. The summed E-state index contributed by atoms with van der Waals surface area (Å²) in [5.74, 6) is 25.3. The number of carbonyl (C=O) groups is 4. The Kier molecular flexibility index (Phi) is 22.5. The Morgan fingerprint density at radius 1 is 0.485 bits per heavy atom. The molecule has 8 unspecified atom stereocenters. The summed E-state index contributed by atoms with van der Waals surface area (Å²) >= 11 is 11.9. The molecule has 4 amide bonds. The van der Waals surface area contributed by atoms with Crippen molar-refractivity contribution in [2.24, 2.45) is 55.6 Å². The Bertz CT molecular complexity index is 3980. The van der Waals surface area contributed by atoms with E-state index in [0.717, 1.165) is 92.2 Å². The molecule has 0 radical (unpaired) electrons. The van der Waals surface area contributed by atoms with Crippen LogP contribution in [0.1, 0.15) is 132 Å². The molecule has 8 atom stereocenters. The molecule has 97 heavy (non-hydrogen) atoms. The van der Waals surface area contributed by atoms with Crippen molar-refractivity contribution in [2.75, 3.05) is 39.4 Å². The van der Waals surface area contributed by atoms with Gasteiger partial charge in [-0.2, -0.15) is 0 Å². The number of fused-ring (bicyclic) bond motifs is 4. The number of amides is 4. The predicted molar refractivity (Wildman–Crippen MR) is 366 cm³/mol. The Morgan fingerprint density at radius 2 is 0.845 bits per heavy atom. The molecule has 0 aromatic heterocycles. The van der Waals surface area contributed by atoms with Crippen LogP contribution in [0.25, 0.3) is 0 Å². The van der Waals surface area contributed by atoms with Gasteiger partial charge in [0, 0.05) is 58.5 Å². The molecule has 2 saturated carbocycles. The third-order valence-corrected chi connectivity index (χ3v) is 17.9. The van der Waals surface area contributed by atoms with Crippen molar-refractivity contribution >= 4 is 70.4 Å². The normalized spacial score (nSPS) is 23.4. The third-order valence-electron chi connectivity index (χ3n) is 17.4. The lowest BCUT2D eigenvalue weighted by Crippen LogP contribution is -2.39. The molecule has 4 saturated heterocycles. The van der Waals surface area contributed by atoms with Crippen molar-refractivity contribution in [1.82, 2.24) is 19.6 Å². The third kappa shape index (κ3) is 18.4. The van der Waals surface area contributed by atoms with Gasteiger partial charge in [0.25, 0.3) is 0 Å². The minimum atomic E-state index is -0.412. The van der Waals surface area contributed by atoms with E-state index >= 15 is 0 Å². The molecule has 0 N–H and O–H groups in total. The van der Waals surface area contributed by atoms with E-state index in [4.69, 9.17) is 61.5 Å². The van der Waals surface area contributed by atoms with Gasteiger partial charge >= 0.3 is 24.4 Å². The summed E-state index contributed by atoms with van der Waals surface area (Å²) in [6.07, 6.45) is 6.73. The summed E-state index contributed by atoms with van der Waals surface area (Å²) in [7, 11) is 0. The highest BCUT2D eigenvalue weighted by molar-refractivity contribution is 6.31. The second kappa shape index (κ2) is 31.7. The minimum Gasteiger partial charge on any atom is -0.449 e. The van der Waals surface area contributed by atoms with Crippen molar-refractivity contribution in [2.45, 2.75) is 150 Å². The fourth-order valence-electron chi connectivity index (χ4n) is 12.2. The quantitative estimate of drug-likeness (QED) is 0.135. The Balaban J connectivity index is 0.000000131. The lowest BCUT2D eigenvalue weighted by molar-refractivity contribution is -0.0326. The Morgan fingerprint density at radius 3 is 1.21 bits per heavy atom. The predicted octanol–water partition coefficient (Wildman–Crippen LogP) is 13.6. The van der Waals surface area contributed by atoms with Gasteiger partial charge in [-0.1, -0.05) is 125 Å². The molecule has 10 aliphatic rings. The van der Waals surface area contributed by atoms with E-state index in [1.54, 1.807) is 43.9 Å². The van der Waals surface area contributed by atoms with Gasteiger partial charge in [0.05, 0.1) is 43.0 Å². The van der Waals surface area contributed by atoms with Crippen molar-refractivity contribution in [3.05, 3.63) is 140 Å². The van der Waals surface area contributed by atoms with Crippen LogP contribution in [0.3, 0.4) is 0 Å². The lowest BCUT2D eigenvalue weighted by Gasteiger charge is -2.24. The smallest absolute Gasteiger partial charge is 0.413 e. The highest BCUT2D eigenvalue weighted by Gasteiger charge is 2.50. The molecular formula is C75H80Cl2N8O12. The fraction of sp³-hybridized carbons (Fsp3) is 0.467. The molecule has 4 aromatic carbocycles. The summed E-state index contributed by atoms with van der Waals surface area (Å²) in [4.78, 5) is 77.2. The molecule has 0 bridgehead atoms. The average molecular weight is 1360 g/mol. The summed E-state index contributed by atoms with van der Waals surface area (Å²) in [5, 5.41) is 17.6. The number of hydrogen-bond acceptors (Lipinski definition) is 16. The number of hydrogen-bond donors (Lipinski definition) is 0. The van der Waals surface area contributed by atoms with Crippen LogP contribution in [0.5, 0.6) is 0 Å². The van der Waals surface area contributed by atoms with Crippen LogP contribution < -0.4 is 0 Å². The van der Waals surface area contributed by atoms with Crippen LogP contribution in [0.15, 0.2) is 118 Å². The first-order valence-electron chi connectivity index (χ1n) is 33.3. The SMILES string of the molecule is CC(C)OC(=O)N1CCC2C(C#Cc3cccc(Cl)c3)=NOC21.Cc1cccc(C#CC2=NOC3C2CCN3C(=O)OC2CCCC2)c1.Cc1cccc(C#CC2=NOC3C2CCN3C(=O)OCC(C)(C)C)c1.O=C(OCC1CC1)N1CCC2C(C#Cc3cccc(Cl)c3)=NOC21. The zero-order valence-corrected chi connectivity index (χ0v) is 57.1. The van der Waals surface area contributed by atoms with Crippen molar-refractivity contribution < 1.29 is 57.5 Å². The molecule has 14 rings (SSSR count). The molecule has 6 fully saturated rings. The topological polar surface area (TPSA) is 205 Å². The fourth-order valence-corrected chi connectivity index (χ4v) is 12.5.